The zero-order valence-corrected chi connectivity index (χ0v) is 13.8. The summed E-state index contributed by atoms with van der Waals surface area (Å²) in [7, 11) is 0. The van der Waals surface area contributed by atoms with Crippen molar-refractivity contribution in [3.05, 3.63) is 56.3 Å². The van der Waals surface area contributed by atoms with E-state index >= 15 is 0 Å². The molecule has 0 amide bonds. The number of carbonyl (C=O) groups is 2. The summed E-state index contributed by atoms with van der Waals surface area (Å²) in [5.74, 6) is -0.294. The first-order valence-electron chi connectivity index (χ1n) is 6.60. The standard InChI is InChI=1S/C16H17BrN2O2/c1-8-4-5-11(6-12(8)17)16(21)14-9(2)15(13(20)7-18)19-10(14)3/h4-6,19H,7,18H2,1-3H3. The highest BCUT2D eigenvalue weighted by Crippen LogP contribution is 2.24. The van der Waals surface area contributed by atoms with Crippen LogP contribution in [0.2, 0.25) is 0 Å². The molecule has 3 N–H and O–H groups in total. The summed E-state index contributed by atoms with van der Waals surface area (Å²) in [6.45, 7) is 5.44. The number of aromatic amines is 1. The number of halogens is 1. The predicted molar refractivity (Wildman–Crippen MR) is 86.0 cm³/mol. The van der Waals surface area contributed by atoms with Crippen LogP contribution in [0.4, 0.5) is 0 Å². The van der Waals surface area contributed by atoms with Crippen LogP contribution < -0.4 is 5.73 Å². The Morgan fingerprint density at radius 3 is 2.48 bits per heavy atom. The van der Waals surface area contributed by atoms with Crippen molar-refractivity contribution < 1.29 is 9.59 Å². The number of hydrogen-bond donors (Lipinski definition) is 2. The molecule has 110 valence electrons. The van der Waals surface area contributed by atoms with E-state index in [1.54, 1.807) is 26.0 Å². The molecule has 5 heteroatoms. The van der Waals surface area contributed by atoms with Crippen LogP contribution in [0.25, 0.3) is 0 Å². The van der Waals surface area contributed by atoms with Crippen molar-refractivity contribution in [2.24, 2.45) is 5.73 Å². The van der Waals surface area contributed by atoms with Crippen molar-refractivity contribution in [3.63, 3.8) is 0 Å². The zero-order chi connectivity index (χ0) is 15.7. The predicted octanol–water partition coefficient (Wildman–Crippen LogP) is 3.07. The Morgan fingerprint density at radius 2 is 1.90 bits per heavy atom. The van der Waals surface area contributed by atoms with Gasteiger partial charge in [-0.3, -0.25) is 9.59 Å². The number of ketones is 2. The highest BCUT2D eigenvalue weighted by Gasteiger charge is 2.22. The van der Waals surface area contributed by atoms with E-state index in [0.29, 0.717) is 28.1 Å². The lowest BCUT2D eigenvalue weighted by molar-refractivity contribution is 0.0996. The minimum Gasteiger partial charge on any atom is -0.355 e. The van der Waals surface area contributed by atoms with Gasteiger partial charge in [0.1, 0.15) is 0 Å². The molecule has 0 spiro atoms. The van der Waals surface area contributed by atoms with Crippen molar-refractivity contribution in [2.75, 3.05) is 6.54 Å². The first-order valence-corrected chi connectivity index (χ1v) is 7.39. The molecular formula is C16H17BrN2O2. The molecule has 0 saturated carbocycles. The van der Waals surface area contributed by atoms with Gasteiger partial charge in [0, 0.05) is 21.3 Å². The van der Waals surface area contributed by atoms with Crippen LogP contribution in [0.5, 0.6) is 0 Å². The fraction of sp³-hybridized carbons (Fsp3) is 0.250. The topological polar surface area (TPSA) is 76.0 Å². The minimum atomic E-state index is -0.195. The maximum absolute atomic E-state index is 12.7. The number of nitrogens with two attached hydrogens (primary N) is 1. The van der Waals surface area contributed by atoms with Gasteiger partial charge in [-0.2, -0.15) is 0 Å². The maximum Gasteiger partial charge on any atom is 0.195 e. The number of Topliss-reactive ketones (excluding diaryl/α,β-unsaturated/α-hetero) is 1. The molecule has 0 aliphatic heterocycles. The molecule has 2 rings (SSSR count). The van der Waals surface area contributed by atoms with Crippen molar-refractivity contribution in [2.45, 2.75) is 20.8 Å². The first-order chi connectivity index (χ1) is 9.86. The smallest absolute Gasteiger partial charge is 0.195 e. The lowest BCUT2D eigenvalue weighted by atomic mass is 9.98. The number of carbonyl (C=O) groups excluding carboxylic acids is 2. The van der Waals surface area contributed by atoms with E-state index in [-0.39, 0.29) is 18.1 Å². The van der Waals surface area contributed by atoms with Crippen LogP contribution in [0, 0.1) is 20.8 Å². The molecule has 0 aliphatic carbocycles. The Labute approximate surface area is 131 Å². The minimum absolute atomic E-state index is 0.0789. The van der Waals surface area contributed by atoms with Crippen molar-refractivity contribution in [3.8, 4) is 0 Å². The second-order valence-electron chi connectivity index (χ2n) is 5.05. The summed E-state index contributed by atoms with van der Waals surface area (Å²) in [5, 5.41) is 0. The van der Waals surface area contributed by atoms with Gasteiger partial charge in [0.05, 0.1) is 12.2 Å². The Morgan fingerprint density at radius 1 is 1.24 bits per heavy atom. The summed E-state index contributed by atoms with van der Waals surface area (Å²) in [4.78, 5) is 27.5. The second-order valence-corrected chi connectivity index (χ2v) is 5.90. The van der Waals surface area contributed by atoms with Crippen LogP contribution in [-0.4, -0.2) is 23.1 Å². The van der Waals surface area contributed by atoms with Gasteiger partial charge in [-0.1, -0.05) is 28.1 Å². The number of rotatable bonds is 4. The Bertz CT molecular complexity index is 732. The van der Waals surface area contributed by atoms with E-state index in [0.717, 1.165) is 10.0 Å². The highest BCUT2D eigenvalue weighted by atomic mass is 79.9. The van der Waals surface area contributed by atoms with E-state index in [2.05, 4.69) is 20.9 Å². The van der Waals surface area contributed by atoms with E-state index in [9.17, 15) is 9.59 Å². The third-order valence-electron chi connectivity index (χ3n) is 3.56. The Hall–Kier alpha value is -1.72. The molecule has 0 atom stereocenters. The van der Waals surface area contributed by atoms with Crippen molar-refractivity contribution in [1.29, 1.82) is 0 Å². The van der Waals surface area contributed by atoms with Crippen LogP contribution in [-0.2, 0) is 0 Å². The van der Waals surface area contributed by atoms with E-state index in [1.165, 1.54) is 0 Å². The van der Waals surface area contributed by atoms with Gasteiger partial charge in [-0.15, -0.1) is 0 Å². The lowest BCUT2D eigenvalue weighted by Gasteiger charge is -2.05. The normalized spacial score (nSPS) is 10.7. The van der Waals surface area contributed by atoms with Crippen LogP contribution in [0.3, 0.4) is 0 Å². The number of nitrogens with one attached hydrogen (secondary N) is 1. The SMILES string of the molecule is Cc1ccc(C(=O)c2c(C)[nH]c(C(=O)CN)c2C)cc1Br. The average molecular weight is 349 g/mol. The fourth-order valence-electron chi connectivity index (χ4n) is 2.35. The molecule has 0 saturated heterocycles. The first kappa shape index (κ1) is 15.7. The summed E-state index contributed by atoms with van der Waals surface area (Å²) in [5.41, 5.74) is 9.35. The van der Waals surface area contributed by atoms with Gasteiger partial charge in [-0.05, 0) is 38.0 Å². The molecule has 1 aromatic carbocycles. The Balaban J connectivity index is 2.51. The maximum atomic E-state index is 12.7. The molecule has 21 heavy (non-hydrogen) atoms. The van der Waals surface area contributed by atoms with Gasteiger partial charge >= 0.3 is 0 Å². The number of aromatic nitrogens is 1. The van der Waals surface area contributed by atoms with Crippen LogP contribution in [0.15, 0.2) is 22.7 Å². The summed E-state index contributed by atoms with van der Waals surface area (Å²) >= 11 is 3.43. The molecule has 0 fully saturated rings. The number of benzene rings is 1. The third kappa shape index (κ3) is 2.84. The average Bonchev–Trinajstić information content (AvgIpc) is 2.75. The number of hydrogen-bond acceptors (Lipinski definition) is 3. The molecule has 0 unspecified atom stereocenters. The van der Waals surface area contributed by atoms with Gasteiger partial charge in [0.15, 0.2) is 11.6 Å². The van der Waals surface area contributed by atoms with E-state index in [4.69, 9.17) is 5.73 Å². The van der Waals surface area contributed by atoms with Crippen molar-refractivity contribution in [1.82, 2.24) is 4.98 Å². The van der Waals surface area contributed by atoms with Crippen molar-refractivity contribution >= 4 is 27.5 Å². The molecule has 0 aliphatic rings. The third-order valence-corrected chi connectivity index (χ3v) is 4.42. The molecule has 2 aromatic rings. The molecular weight excluding hydrogens is 332 g/mol. The van der Waals surface area contributed by atoms with Gasteiger partial charge in [0.2, 0.25) is 0 Å². The molecule has 4 nitrogen and oxygen atoms in total. The summed E-state index contributed by atoms with van der Waals surface area (Å²) < 4.78 is 0.887. The zero-order valence-electron chi connectivity index (χ0n) is 12.2. The lowest BCUT2D eigenvalue weighted by Crippen LogP contribution is -2.15. The fourth-order valence-corrected chi connectivity index (χ4v) is 2.73. The highest BCUT2D eigenvalue weighted by molar-refractivity contribution is 9.10. The van der Waals surface area contributed by atoms with Gasteiger partial charge in [0.25, 0.3) is 0 Å². The van der Waals surface area contributed by atoms with Gasteiger partial charge in [-0.25, -0.2) is 0 Å². The second kappa shape index (κ2) is 5.95. The van der Waals surface area contributed by atoms with E-state index in [1.807, 2.05) is 13.0 Å². The van der Waals surface area contributed by atoms with E-state index < -0.39 is 0 Å². The Kier molecular flexibility index (Phi) is 4.44. The molecule has 1 heterocycles. The summed E-state index contributed by atoms with van der Waals surface area (Å²) in [6.07, 6.45) is 0. The van der Waals surface area contributed by atoms with Gasteiger partial charge < -0.3 is 10.7 Å². The number of H-pyrrole nitrogens is 1. The molecule has 1 aromatic heterocycles. The van der Waals surface area contributed by atoms with Crippen LogP contribution in [0.1, 0.15) is 43.2 Å². The largest absolute Gasteiger partial charge is 0.355 e. The number of aryl methyl sites for hydroxylation is 2. The van der Waals surface area contributed by atoms with Crippen LogP contribution >= 0.6 is 15.9 Å². The quantitative estimate of drug-likeness (QED) is 0.833. The molecule has 0 radical (unpaired) electrons. The molecule has 0 bridgehead atoms. The summed E-state index contributed by atoms with van der Waals surface area (Å²) in [6, 6.07) is 5.48. The monoisotopic (exact) mass is 348 g/mol.